The number of hydrogen-bond donors (Lipinski definition) is 1. The number of nitrogens with two attached hydrogens (primary N) is 1. The summed E-state index contributed by atoms with van der Waals surface area (Å²) in [4.78, 5) is 0. The fourth-order valence-corrected chi connectivity index (χ4v) is 1.58. The van der Waals surface area contributed by atoms with E-state index in [0.717, 1.165) is 17.7 Å². The highest BCUT2D eigenvalue weighted by atomic mass is 16.5. The summed E-state index contributed by atoms with van der Waals surface area (Å²) in [7, 11) is 1.64. The third kappa shape index (κ3) is 2.87. The summed E-state index contributed by atoms with van der Waals surface area (Å²) < 4.78 is 10.6. The maximum atomic E-state index is 5.83. The smallest absolute Gasteiger partial charge is 0.233 e. The van der Waals surface area contributed by atoms with Gasteiger partial charge in [0.05, 0.1) is 19.6 Å². The van der Waals surface area contributed by atoms with E-state index in [2.05, 4.69) is 10.2 Å². The van der Waals surface area contributed by atoms with Gasteiger partial charge in [0.15, 0.2) is 0 Å². The van der Waals surface area contributed by atoms with Gasteiger partial charge in [0.1, 0.15) is 5.75 Å². The van der Waals surface area contributed by atoms with Crippen LogP contribution in [0.4, 0.5) is 0 Å². The molecule has 0 radical (unpaired) electrons. The van der Waals surface area contributed by atoms with Crippen LogP contribution in [-0.2, 0) is 6.42 Å². The van der Waals surface area contributed by atoms with Gasteiger partial charge >= 0.3 is 0 Å². The highest BCUT2D eigenvalue weighted by molar-refractivity contribution is 5.28. The normalized spacial score (nSPS) is 12.4. The molecule has 0 bridgehead atoms. The van der Waals surface area contributed by atoms with Crippen LogP contribution in [0.25, 0.3) is 0 Å². The summed E-state index contributed by atoms with van der Waals surface area (Å²) in [5.41, 5.74) is 6.92. The second-order valence-electron chi connectivity index (χ2n) is 4.07. The largest absolute Gasteiger partial charge is 0.497 e. The summed E-state index contributed by atoms with van der Waals surface area (Å²) in [5, 5.41) is 7.95. The van der Waals surface area contributed by atoms with Crippen molar-refractivity contribution in [1.82, 2.24) is 10.2 Å². The van der Waals surface area contributed by atoms with Crippen molar-refractivity contribution in [3.8, 4) is 5.75 Å². The molecule has 0 saturated heterocycles. The second-order valence-corrected chi connectivity index (χ2v) is 4.07. The molecule has 0 spiro atoms. The van der Waals surface area contributed by atoms with Gasteiger partial charge < -0.3 is 14.9 Å². The predicted octanol–water partition coefficient (Wildman–Crippen LogP) is 2.08. The number of nitrogens with zero attached hydrogens (tertiary/aromatic N) is 2. The number of benzene rings is 1. The average molecular weight is 247 g/mol. The minimum Gasteiger partial charge on any atom is -0.497 e. The maximum Gasteiger partial charge on any atom is 0.233 e. The first-order valence-electron chi connectivity index (χ1n) is 5.93. The van der Waals surface area contributed by atoms with Gasteiger partial charge in [-0.3, -0.25) is 0 Å². The Morgan fingerprint density at radius 3 is 2.61 bits per heavy atom. The van der Waals surface area contributed by atoms with E-state index in [4.69, 9.17) is 14.9 Å². The molecule has 0 aliphatic carbocycles. The summed E-state index contributed by atoms with van der Waals surface area (Å²) in [6, 6.07) is 7.58. The van der Waals surface area contributed by atoms with Crippen LogP contribution in [-0.4, -0.2) is 17.3 Å². The van der Waals surface area contributed by atoms with E-state index in [-0.39, 0.29) is 6.04 Å². The van der Waals surface area contributed by atoms with Crippen LogP contribution in [0.2, 0.25) is 0 Å². The summed E-state index contributed by atoms with van der Waals surface area (Å²) in [5.74, 6) is 1.91. The molecule has 0 fully saturated rings. The lowest BCUT2D eigenvalue weighted by molar-refractivity contribution is 0.413. The lowest BCUT2D eigenvalue weighted by atomic mass is 10.1. The third-order valence-electron chi connectivity index (χ3n) is 2.75. The van der Waals surface area contributed by atoms with Gasteiger partial charge in [-0.1, -0.05) is 19.1 Å². The van der Waals surface area contributed by atoms with Crippen LogP contribution in [0.5, 0.6) is 5.75 Å². The van der Waals surface area contributed by atoms with Gasteiger partial charge in [-0.25, -0.2) is 0 Å². The van der Waals surface area contributed by atoms with E-state index in [1.54, 1.807) is 7.11 Å². The molecular weight excluding hydrogens is 230 g/mol. The molecule has 96 valence electrons. The molecule has 0 amide bonds. The molecule has 0 aliphatic rings. The minimum absolute atomic E-state index is 0.179. The van der Waals surface area contributed by atoms with Crippen LogP contribution >= 0.6 is 0 Å². The molecule has 1 heterocycles. The Bertz CT molecular complexity index is 493. The zero-order valence-corrected chi connectivity index (χ0v) is 10.6. The standard InChI is InChI=1S/C13H17N3O2/c1-3-11(14)13-16-15-12(18-13)8-9-4-6-10(17-2)7-5-9/h4-7,11H,3,8,14H2,1-2H3. The number of methoxy groups -OCH3 is 1. The van der Waals surface area contributed by atoms with Crippen LogP contribution < -0.4 is 10.5 Å². The van der Waals surface area contributed by atoms with Gasteiger partial charge in [0.25, 0.3) is 0 Å². The summed E-state index contributed by atoms with van der Waals surface area (Å²) in [6.45, 7) is 1.98. The molecule has 2 N–H and O–H groups in total. The first-order chi connectivity index (χ1) is 8.72. The van der Waals surface area contributed by atoms with Gasteiger partial charge in [-0.2, -0.15) is 0 Å². The van der Waals surface area contributed by atoms with E-state index < -0.39 is 0 Å². The van der Waals surface area contributed by atoms with E-state index in [1.165, 1.54) is 0 Å². The second kappa shape index (κ2) is 5.64. The van der Waals surface area contributed by atoms with Crippen LogP contribution in [0.15, 0.2) is 28.7 Å². The van der Waals surface area contributed by atoms with Crippen molar-refractivity contribution in [1.29, 1.82) is 0 Å². The Morgan fingerprint density at radius 1 is 1.28 bits per heavy atom. The van der Waals surface area contributed by atoms with E-state index >= 15 is 0 Å². The van der Waals surface area contributed by atoms with Gasteiger partial charge in [-0.15, -0.1) is 10.2 Å². The molecule has 0 aliphatic heterocycles. The number of rotatable bonds is 5. The lowest BCUT2D eigenvalue weighted by Crippen LogP contribution is -2.08. The minimum atomic E-state index is -0.179. The molecule has 1 atom stereocenters. The van der Waals surface area contributed by atoms with Crippen molar-refractivity contribution in [3.05, 3.63) is 41.6 Å². The molecule has 1 unspecified atom stereocenters. The molecule has 5 heteroatoms. The van der Waals surface area contributed by atoms with Crippen LogP contribution in [0, 0.1) is 0 Å². The molecule has 0 saturated carbocycles. The first-order valence-corrected chi connectivity index (χ1v) is 5.93. The van der Waals surface area contributed by atoms with Crippen molar-refractivity contribution in [2.75, 3.05) is 7.11 Å². The Kier molecular flexibility index (Phi) is 3.94. The van der Waals surface area contributed by atoms with E-state index in [9.17, 15) is 0 Å². The zero-order valence-electron chi connectivity index (χ0n) is 10.6. The van der Waals surface area contributed by atoms with Crippen molar-refractivity contribution < 1.29 is 9.15 Å². The molecule has 1 aromatic carbocycles. The van der Waals surface area contributed by atoms with Gasteiger partial charge in [-0.05, 0) is 24.1 Å². The fraction of sp³-hybridized carbons (Fsp3) is 0.385. The molecule has 2 rings (SSSR count). The SMILES string of the molecule is CCC(N)c1nnc(Cc2ccc(OC)cc2)o1. The molecule has 1 aromatic heterocycles. The molecule has 18 heavy (non-hydrogen) atoms. The highest BCUT2D eigenvalue weighted by Gasteiger charge is 2.12. The lowest BCUT2D eigenvalue weighted by Gasteiger charge is -2.02. The Hall–Kier alpha value is -1.88. The third-order valence-corrected chi connectivity index (χ3v) is 2.75. The summed E-state index contributed by atoms with van der Waals surface area (Å²) >= 11 is 0. The van der Waals surface area contributed by atoms with Crippen LogP contribution in [0.1, 0.15) is 36.7 Å². The van der Waals surface area contributed by atoms with E-state index in [0.29, 0.717) is 18.2 Å². The van der Waals surface area contributed by atoms with Crippen molar-refractivity contribution in [2.45, 2.75) is 25.8 Å². The van der Waals surface area contributed by atoms with Crippen molar-refractivity contribution >= 4 is 0 Å². The molecule has 5 nitrogen and oxygen atoms in total. The molecular formula is C13H17N3O2. The Morgan fingerprint density at radius 2 is 2.00 bits per heavy atom. The average Bonchev–Trinajstić information content (AvgIpc) is 2.87. The Balaban J connectivity index is 2.06. The van der Waals surface area contributed by atoms with Gasteiger partial charge in [0.2, 0.25) is 11.8 Å². The number of hydrogen-bond acceptors (Lipinski definition) is 5. The van der Waals surface area contributed by atoms with Gasteiger partial charge in [0, 0.05) is 0 Å². The van der Waals surface area contributed by atoms with Crippen LogP contribution in [0.3, 0.4) is 0 Å². The topological polar surface area (TPSA) is 74.2 Å². The highest BCUT2D eigenvalue weighted by Crippen LogP contribution is 2.16. The predicted molar refractivity (Wildman–Crippen MR) is 67.3 cm³/mol. The quantitative estimate of drug-likeness (QED) is 0.875. The van der Waals surface area contributed by atoms with Crippen molar-refractivity contribution in [2.24, 2.45) is 5.73 Å². The maximum absolute atomic E-state index is 5.83. The van der Waals surface area contributed by atoms with E-state index in [1.807, 2.05) is 31.2 Å². The zero-order chi connectivity index (χ0) is 13.0. The monoisotopic (exact) mass is 247 g/mol. The summed E-state index contributed by atoms with van der Waals surface area (Å²) in [6.07, 6.45) is 1.39. The number of ether oxygens (including phenoxy) is 1. The molecule has 2 aromatic rings. The fourth-order valence-electron chi connectivity index (χ4n) is 1.58. The Labute approximate surface area is 106 Å². The number of aromatic nitrogens is 2. The van der Waals surface area contributed by atoms with Crippen molar-refractivity contribution in [3.63, 3.8) is 0 Å². The first kappa shape index (κ1) is 12.6.